The van der Waals surface area contributed by atoms with Gasteiger partial charge in [0, 0.05) is 0 Å². The Kier molecular flexibility index (Phi) is 8.10. The fourth-order valence-electron chi connectivity index (χ4n) is 2.10. The Morgan fingerprint density at radius 2 is 1.52 bits per heavy atom. The molecular formula is C19H18Cl2N2O4. The van der Waals surface area contributed by atoms with Crippen molar-refractivity contribution in [3.63, 3.8) is 0 Å². The van der Waals surface area contributed by atoms with Gasteiger partial charge in [0.25, 0.3) is 0 Å². The average Bonchev–Trinajstić information content (AvgIpc) is 2.66. The summed E-state index contributed by atoms with van der Waals surface area (Å²) < 4.78 is 5.04. The fourth-order valence-corrected chi connectivity index (χ4v) is 2.42. The van der Waals surface area contributed by atoms with Crippen LogP contribution in [0.1, 0.15) is 11.1 Å². The van der Waals surface area contributed by atoms with Gasteiger partial charge in [-0.3, -0.25) is 14.4 Å². The molecule has 142 valence electrons. The predicted molar refractivity (Wildman–Crippen MR) is 102 cm³/mol. The molecule has 2 N–H and O–H groups in total. The van der Waals surface area contributed by atoms with Crippen molar-refractivity contribution in [2.45, 2.75) is 13.0 Å². The van der Waals surface area contributed by atoms with Crippen molar-refractivity contribution >= 4 is 41.0 Å². The van der Waals surface area contributed by atoms with Crippen molar-refractivity contribution in [3.8, 4) is 0 Å². The van der Waals surface area contributed by atoms with Gasteiger partial charge in [0.15, 0.2) is 0 Å². The minimum absolute atomic E-state index is 0.0133. The van der Waals surface area contributed by atoms with Gasteiger partial charge in [0.2, 0.25) is 11.8 Å². The van der Waals surface area contributed by atoms with Crippen LogP contribution in [0.2, 0.25) is 10.0 Å². The Bertz CT molecular complexity index is 813. The van der Waals surface area contributed by atoms with Crippen LogP contribution in [0.25, 0.3) is 0 Å². The molecule has 0 atom stereocenters. The largest absolute Gasteiger partial charge is 0.460 e. The Morgan fingerprint density at radius 1 is 0.815 bits per heavy atom. The van der Waals surface area contributed by atoms with Crippen molar-refractivity contribution in [1.29, 1.82) is 0 Å². The lowest BCUT2D eigenvalue weighted by Crippen LogP contribution is -2.39. The first-order chi connectivity index (χ1) is 12.9. The van der Waals surface area contributed by atoms with Crippen LogP contribution in [0.4, 0.5) is 0 Å². The van der Waals surface area contributed by atoms with E-state index in [4.69, 9.17) is 27.9 Å². The molecule has 0 aliphatic heterocycles. The Balaban J connectivity index is 1.63. The zero-order chi connectivity index (χ0) is 19.6. The lowest BCUT2D eigenvalue weighted by molar-refractivity contribution is -0.145. The molecule has 2 aromatic rings. The molecule has 8 heteroatoms. The molecule has 0 aliphatic carbocycles. The molecule has 2 amide bonds. The molecule has 0 radical (unpaired) electrons. The van der Waals surface area contributed by atoms with Crippen molar-refractivity contribution in [2.24, 2.45) is 0 Å². The van der Waals surface area contributed by atoms with Crippen LogP contribution in [-0.4, -0.2) is 30.9 Å². The van der Waals surface area contributed by atoms with Crippen molar-refractivity contribution in [2.75, 3.05) is 13.1 Å². The zero-order valence-corrected chi connectivity index (χ0v) is 15.8. The van der Waals surface area contributed by atoms with Gasteiger partial charge in [-0.2, -0.15) is 0 Å². The number of carbonyl (C=O) groups is 3. The van der Waals surface area contributed by atoms with Gasteiger partial charge in [0.1, 0.15) is 13.2 Å². The molecule has 0 unspecified atom stereocenters. The molecule has 0 aromatic heterocycles. The van der Waals surface area contributed by atoms with E-state index in [-0.39, 0.29) is 32.0 Å². The number of rotatable bonds is 8. The molecule has 0 aliphatic rings. The Hall–Kier alpha value is -2.57. The highest BCUT2D eigenvalue weighted by molar-refractivity contribution is 6.42. The minimum atomic E-state index is -0.606. The SMILES string of the molecule is O=C(CNC(=O)Cc1ccccc1)NCC(=O)OCc1ccc(Cl)c(Cl)c1. The van der Waals surface area contributed by atoms with Gasteiger partial charge < -0.3 is 15.4 Å². The maximum absolute atomic E-state index is 11.8. The first kappa shape index (κ1) is 20.7. The van der Waals surface area contributed by atoms with Crippen LogP contribution in [0.15, 0.2) is 48.5 Å². The van der Waals surface area contributed by atoms with Gasteiger partial charge in [-0.05, 0) is 23.3 Å². The number of benzene rings is 2. The molecule has 2 rings (SSSR count). The molecule has 27 heavy (non-hydrogen) atoms. The Labute approximate surface area is 166 Å². The van der Waals surface area contributed by atoms with Crippen molar-refractivity contribution in [1.82, 2.24) is 10.6 Å². The molecular weight excluding hydrogens is 391 g/mol. The van der Waals surface area contributed by atoms with Gasteiger partial charge in [-0.1, -0.05) is 59.6 Å². The van der Waals surface area contributed by atoms with Crippen LogP contribution in [-0.2, 0) is 32.1 Å². The fraction of sp³-hybridized carbons (Fsp3) is 0.211. The third-order valence-electron chi connectivity index (χ3n) is 3.47. The first-order valence-corrected chi connectivity index (χ1v) is 8.86. The van der Waals surface area contributed by atoms with E-state index in [0.717, 1.165) is 5.56 Å². The molecule has 0 heterocycles. The highest BCUT2D eigenvalue weighted by Gasteiger charge is 2.09. The molecule has 0 fully saturated rings. The summed E-state index contributed by atoms with van der Waals surface area (Å²) in [5, 5.41) is 5.65. The highest BCUT2D eigenvalue weighted by atomic mass is 35.5. The molecule has 0 spiro atoms. The van der Waals surface area contributed by atoms with Gasteiger partial charge in [0.05, 0.1) is 23.0 Å². The quantitative estimate of drug-likeness (QED) is 0.657. The number of hydrogen-bond acceptors (Lipinski definition) is 4. The summed E-state index contributed by atoms with van der Waals surface area (Å²) >= 11 is 11.7. The summed E-state index contributed by atoms with van der Waals surface area (Å²) in [5.41, 5.74) is 1.53. The summed E-state index contributed by atoms with van der Waals surface area (Å²) in [4.78, 5) is 35.1. The van der Waals surface area contributed by atoms with Crippen LogP contribution in [0.3, 0.4) is 0 Å². The number of nitrogens with one attached hydrogen (secondary N) is 2. The van der Waals surface area contributed by atoms with E-state index in [0.29, 0.717) is 15.6 Å². The number of hydrogen-bond donors (Lipinski definition) is 2. The number of ether oxygens (including phenoxy) is 1. The summed E-state index contributed by atoms with van der Waals surface area (Å²) in [5.74, 6) is -1.37. The van der Waals surface area contributed by atoms with Crippen LogP contribution >= 0.6 is 23.2 Å². The second-order valence-electron chi connectivity index (χ2n) is 5.62. The Morgan fingerprint density at radius 3 is 2.22 bits per heavy atom. The van der Waals surface area contributed by atoms with E-state index in [1.165, 1.54) is 0 Å². The average molecular weight is 409 g/mol. The summed E-state index contributed by atoms with van der Waals surface area (Å²) in [6.45, 7) is -0.500. The first-order valence-electron chi connectivity index (χ1n) is 8.11. The monoisotopic (exact) mass is 408 g/mol. The van der Waals surface area contributed by atoms with Crippen molar-refractivity contribution in [3.05, 3.63) is 69.7 Å². The van der Waals surface area contributed by atoms with E-state index >= 15 is 0 Å². The summed E-state index contributed by atoms with van der Waals surface area (Å²) in [7, 11) is 0. The van der Waals surface area contributed by atoms with Crippen molar-refractivity contribution < 1.29 is 19.1 Å². The molecule has 6 nitrogen and oxygen atoms in total. The lowest BCUT2D eigenvalue weighted by Gasteiger charge is -2.08. The second-order valence-corrected chi connectivity index (χ2v) is 6.44. The maximum atomic E-state index is 11.8. The highest BCUT2D eigenvalue weighted by Crippen LogP contribution is 2.22. The van der Waals surface area contributed by atoms with E-state index in [9.17, 15) is 14.4 Å². The normalized spacial score (nSPS) is 10.1. The second kappa shape index (κ2) is 10.5. The number of carbonyl (C=O) groups excluding carboxylic acids is 3. The number of esters is 1. The van der Waals surface area contributed by atoms with Crippen LogP contribution in [0, 0.1) is 0 Å². The summed E-state index contributed by atoms with van der Waals surface area (Å²) in [6.07, 6.45) is 0.180. The molecule has 0 saturated heterocycles. The van der Waals surface area contributed by atoms with Gasteiger partial charge in [-0.15, -0.1) is 0 Å². The van der Waals surface area contributed by atoms with Crippen LogP contribution < -0.4 is 10.6 Å². The van der Waals surface area contributed by atoms with Crippen LogP contribution in [0.5, 0.6) is 0 Å². The lowest BCUT2D eigenvalue weighted by atomic mass is 10.1. The zero-order valence-electron chi connectivity index (χ0n) is 14.3. The predicted octanol–water partition coefficient (Wildman–Crippen LogP) is 2.51. The van der Waals surface area contributed by atoms with E-state index in [1.54, 1.807) is 18.2 Å². The van der Waals surface area contributed by atoms with E-state index < -0.39 is 11.9 Å². The van der Waals surface area contributed by atoms with Gasteiger partial charge >= 0.3 is 5.97 Å². The standard InChI is InChI=1S/C19H18Cl2N2O4/c20-15-7-6-14(8-16(15)21)12-27-19(26)11-23-18(25)10-22-17(24)9-13-4-2-1-3-5-13/h1-8H,9-12H2,(H,22,24)(H,23,25). The third-order valence-corrected chi connectivity index (χ3v) is 4.21. The topological polar surface area (TPSA) is 84.5 Å². The third kappa shape index (κ3) is 7.68. The number of halogens is 2. The number of amides is 2. The van der Waals surface area contributed by atoms with Gasteiger partial charge in [-0.25, -0.2) is 0 Å². The summed E-state index contributed by atoms with van der Waals surface area (Å²) in [6, 6.07) is 14.0. The van der Waals surface area contributed by atoms with E-state index in [2.05, 4.69) is 10.6 Å². The molecule has 0 bridgehead atoms. The minimum Gasteiger partial charge on any atom is -0.460 e. The molecule has 2 aromatic carbocycles. The van der Waals surface area contributed by atoms with E-state index in [1.807, 2.05) is 30.3 Å². The maximum Gasteiger partial charge on any atom is 0.325 e. The smallest absolute Gasteiger partial charge is 0.325 e. The molecule has 0 saturated carbocycles.